The lowest BCUT2D eigenvalue weighted by atomic mass is 9.98. The van der Waals surface area contributed by atoms with Crippen LogP contribution < -0.4 is 14.2 Å². The van der Waals surface area contributed by atoms with Crippen LogP contribution >= 0.6 is 22.6 Å². The maximum atomic E-state index is 13.1. The molecule has 6 nitrogen and oxygen atoms in total. The molecule has 7 heteroatoms. The zero-order valence-corrected chi connectivity index (χ0v) is 23.1. The van der Waals surface area contributed by atoms with Crippen molar-refractivity contribution in [1.82, 2.24) is 0 Å². The van der Waals surface area contributed by atoms with Crippen LogP contribution in [0.4, 0.5) is 0 Å². The quantitative estimate of drug-likeness (QED) is 0.0978. The van der Waals surface area contributed by atoms with Crippen LogP contribution in [0.2, 0.25) is 0 Å². The first-order valence-electron chi connectivity index (χ1n) is 11.5. The monoisotopic (exact) mass is 602 g/mol. The number of benzene rings is 3. The van der Waals surface area contributed by atoms with Gasteiger partial charge in [0.1, 0.15) is 23.5 Å². The first-order valence-corrected chi connectivity index (χ1v) is 12.6. The number of carbonyl (C=O) groups is 1. The Kier molecular flexibility index (Phi) is 9.78. The highest BCUT2D eigenvalue weighted by atomic mass is 127. The average molecular weight is 602 g/mol. The molecule has 0 aliphatic rings. The van der Waals surface area contributed by atoms with E-state index in [2.05, 4.69) is 29.2 Å². The molecule has 0 spiro atoms. The lowest BCUT2D eigenvalue weighted by Gasteiger charge is -2.26. The molecule has 0 radical (unpaired) electrons. The van der Waals surface area contributed by atoms with E-state index in [1.165, 1.54) is 0 Å². The fourth-order valence-corrected chi connectivity index (χ4v) is 3.95. The summed E-state index contributed by atoms with van der Waals surface area (Å²) in [6, 6.07) is 20.6. The summed E-state index contributed by atoms with van der Waals surface area (Å²) >= 11 is 2.16. The zero-order valence-electron chi connectivity index (χ0n) is 21.0. The first kappa shape index (κ1) is 27.5. The largest absolute Gasteiger partial charge is 0.493 e. The second-order valence-corrected chi connectivity index (χ2v) is 9.67. The average Bonchev–Trinajstić information content (AvgIpc) is 2.87. The summed E-state index contributed by atoms with van der Waals surface area (Å²) in [5, 5.41) is 0. The molecule has 0 amide bonds. The van der Waals surface area contributed by atoms with E-state index in [9.17, 15) is 4.79 Å². The number of hydrogen-bond acceptors (Lipinski definition) is 6. The SMILES string of the molecule is C=Cc1ccc(OC(C)OCCOc2ccc(I)cc2C(=O)OC(C)(C)c2ccccc2)c(OC)c1. The zero-order chi connectivity index (χ0) is 26.1. The molecule has 3 aromatic carbocycles. The molecule has 0 bridgehead atoms. The van der Waals surface area contributed by atoms with Crippen molar-refractivity contribution >= 4 is 34.6 Å². The number of ether oxygens (including phenoxy) is 5. The minimum atomic E-state index is -0.794. The summed E-state index contributed by atoms with van der Waals surface area (Å²) in [4.78, 5) is 13.1. The van der Waals surface area contributed by atoms with Gasteiger partial charge in [-0.3, -0.25) is 0 Å². The fourth-order valence-electron chi connectivity index (χ4n) is 3.46. The topological polar surface area (TPSA) is 63.2 Å². The summed E-state index contributed by atoms with van der Waals surface area (Å²) in [6.45, 7) is 9.76. The van der Waals surface area contributed by atoms with Crippen LogP contribution in [0.15, 0.2) is 73.3 Å². The summed E-state index contributed by atoms with van der Waals surface area (Å²) in [7, 11) is 1.58. The lowest BCUT2D eigenvalue weighted by molar-refractivity contribution is -0.0749. The number of methoxy groups -OCH3 is 1. The van der Waals surface area contributed by atoms with Crippen molar-refractivity contribution in [3.63, 3.8) is 0 Å². The molecule has 0 N–H and O–H groups in total. The van der Waals surface area contributed by atoms with Crippen molar-refractivity contribution < 1.29 is 28.5 Å². The number of esters is 1. The number of hydrogen-bond donors (Lipinski definition) is 0. The van der Waals surface area contributed by atoms with Crippen molar-refractivity contribution in [2.75, 3.05) is 20.3 Å². The Hall–Kier alpha value is -3.04. The van der Waals surface area contributed by atoms with Gasteiger partial charge in [-0.15, -0.1) is 0 Å². The predicted molar refractivity (Wildman–Crippen MR) is 149 cm³/mol. The Morgan fingerprint density at radius 2 is 1.72 bits per heavy atom. The Labute approximate surface area is 226 Å². The van der Waals surface area contributed by atoms with Crippen LogP contribution in [0.1, 0.15) is 42.3 Å². The molecule has 0 aliphatic carbocycles. The highest BCUT2D eigenvalue weighted by Gasteiger charge is 2.27. The fraction of sp³-hybridized carbons (Fsp3) is 0.276. The van der Waals surface area contributed by atoms with E-state index >= 15 is 0 Å². The molecule has 1 atom stereocenters. The predicted octanol–water partition coefficient (Wildman–Crippen LogP) is 6.86. The number of halogens is 1. The van der Waals surface area contributed by atoms with Crippen LogP contribution in [0.3, 0.4) is 0 Å². The Morgan fingerprint density at radius 3 is 2.42 bits per heavy atom. The molecular weight excluding hydrogens is 571 g/mol. The Bertz CT molecular complexity index is 1180. The van der Waals surface area contributed by atoms with Gasteiger partial charge in [0.2, 0.25) is 0 Å². The van der Waals surface area contributed by atoms with Crippen LogP contribution in [-0.2, 0) is 15.1 Å². The van der Waals surface area contributed by atoms with Crippen LogP contribution in [0, 0.1) is 3.57 Å². The molecule has 0 saturated heterocycles. The molecule has 3 aromatic rings. The van der Waals surface area contributed by atoms with Gasteiger partial charge in [-0.2, -0.15) is 0 Å². The minimum Gasteiger partial charge on any atom is -0.493 e. The normalized spacial score (nSPS) is 11.9. The summed E-state index contributed by atoms with van der Waals surface area (Å²) in [6.07, 6.45) is 1.20. The van der Waals surface area contributed by atoms with E-state index in [0.717, 1.165) is 14.7 Å². The lowest BCUT2D eigenvalue weighted by Crippen LogP contribution is -2.26. The molecule has 0 fully saturated rings. The van der Waals surface area contributed by atoms with Crippen LogP contribution in [-0.4, -0.2) is 32.6 Å². The maximum Gasteiger partial charge on any atom is 0.342 e. The van der Waals surface area contributed by atoms with Gasteiger partial charge in [-0.05, 0) is 84.8 Å². The number of carbonyl (C=O) groups excluding carboxylic acids is 1. The molecule has 36 heavy (non-hydrogen) atoms. The van der Waals surface area contributed by atoms with Gasteiger partial charge in [0, 0.05) is 3.57 Å². The Balaban J connectivity index is 1.58. The van der Waals surface area contributed by atoms with Crippen molar-refractivity contribution in [3.8, 4) is 17.2 Å². The second-order valence-electron chi connectivity index (χ2n) is 8.43. The van der Waals surface area contributed by atoms with Crippen LogP contribution in [0.25, 0.3) is 6.08 Å². The van der Waals surface area contributed by atoms with Gasteiger partial charge in [0.05, 0.1) is 13.7 Å². The smallest absolute Gasteiger partial charge is 0.342 e. The van der Waals surface area contributed by atoms with Gasteiger partial charge in [-0.1, -0.05) is 49.1 Å². The highest BCUT2D eigenvalue weighted by molar-refractivity contribution is 14.1. The molecule has 0 saturated carbocycles. The van der Waals surface area contributed by atoms with Crippen molar-refractivity contribution in [2.24, 2.45) is 0 Å². The minimum absolute atomic E-state index is 0.225. The van der Waals surface area contributed by atoms with Gasteiger partial charge in [0.25, 0.3) is 0 Å². The molecule has 3 rings (SSSR count). The van der Waals surface area contributed by atoms with E-state index in [-0.39, 0.29) is 13.2 Å². The molecule has 1 unspecified atom stereocenters. The second kappa shape index (κ2) is 12.8. The van der Waals surface area contributed by atoms with Crippen LogP contribution in [0.5, 0.6) is 17.2 Å². The maximum absolute atomic E-state index is 13.1. The van der Waals surface area contributed by atoms with E-state index < -0.39 is 17.9 Å². The van der Waals surface area contributed by atoms with Gasteiger partial charge < -0.3 is 23.7 Å². The first-order chi connectivity index (χ1) is 17.2. The van der Waals surface area contributed by atoms with Gasteiger partial charge >= 0.3 is 5.97 Å². The molecule has 190 valence electrons. The van der Waals surface area contributed by atoms with E-state index in [1.54, 1.807) is 32.2 Å². The molecule has 0 aliphatic heterocycles. The van der Waals surface area contributed by atoms with Crippen molar-refractivity contribution in [1.29, 1.82) is 0 Å². The van der Waals surface area contributed by atoms with E-state index in [0.29, 0.717) is 22.8 Å². The van der Waals surface area contributed by atoms with Gasteiger partial charge in [0.15, 0.2) is 17.8 Å². The third-order valence-electron chi connectivity index (χ3n) is 5.39. The standard InChI is InChI=1S/C29H31IO6/c1-6-21-12-14-26(27(18-21)32-5)35-20(2)33-16-17-34-25-15-13-23(30)19-24(25)28(31)36-29(3,4)22-10-8-7-9-11-22/h6-15,18-20H,1,16-17H2,2-5H3. The molecule has 0 heterocycles. The molecule has 0 aromatic heterocycles. The van der Waals surface area contributed by atoms with Crippen molar-refractivity contribution in [2.45, 2.75) is 32.7 Å². The Morgan fingerprint density at radius 1 is 1.00 bits per heavy atom. The van der Waals surface area contributed by atoms with Gasteiger partial charge in [-0.25, -0.2) is 4.79 Å². The number of rotatable bonds is 12. The summed E-state index contributed by atoms with van der Waals surface area (Å²) in [5.74, 6) is 1.15. The third-order valence-corrected chi connectivity index (χ3v) is 6.06. The van der Waals surface area contributed by atoms with E-state index in [1.807, 2.05) is 68.4 Å². The third kappa shape index (κ3) is 7.48. The highest BCUT2D eigenvalue weighted by Crippen LogP contribution is 2.30. The van der Waals surface area contributed by atoms with E-state index in [4.69, 9.17) is 23.7 Å². The summed E-state index contributed by atoms with van der Waals surface area (Å²) < 4.78 is 29.6. The van der Waals surface area contributed by atoms with Crippen molar-refractivity contribution in [3.05, 3.63) is 93.6 Å². The molecular formula is C29H31IO6. The summed E-state index contributed by atoms with van der Waals surface area (Å²) in [5.41, 5.74) is 1.41.